The Bertz CT molecular complexity index is 307. The van der Waals surface area contributed by atoms with E-state index in [1.54, 1.807) is 28.3 Å². The fourth-order valence-corrected chi connectivity index (χ4v) is 3.82. The molecule has 124 valence electrons. The van der Waals surface area contributed by atoms with Gasteiger partial charge < -0.3 is 18.0 Å². The van der Waals surface area contributed by atoms with Gasteiger partial charge in [0.05, 0.1) is 6.10 Å². The molecule has 0 saturated heterocycles. The number of carbonyl (C=O) groups excluding carboxylic acids is 1. The standard InChI is InChI=1S/C15H30O5Si/c1-13(2)15(16)20-14(3)11-9-7-8-10-12-21(17-4,18-5)19-6/h14H,1,7-12H2,2-6H3. The first-order valence-electron chi connectivity index (χ1n) is 7.42. The summed E-state index contributed by atoms with van der Waals surface area (Å²) < 4.78 is 21.4. The zero-order valence-corrected chi connectivity index (χ0v) is 15.1. The highest BCUT2D eigenvalue weighted by atomic mass is 28.4. The molecule has 0 aliphatic rings. The van der Waals surface area contributed by atoms with Crippen molar-refractivity contribution in [3.8, 4) is 0 Å². The van der Waals surface area contributed by atoms with E-state index in [1.165, 1.54) is 0 Å². The van der Waals surface area contributed by atoms with Crippen molar-refractivity contribution in [1.29, 1.82) is 0 Å². The van der Waals surface area contributed by atoms with Crippen molar-refractivity contribution < 1.29 is 22.8 Å². The molecule has 0 aromatic heterocycles. The molecule has 0 heterocycles. The molecular weight excluding hydrogens is 288 g/mol. The first-order valence-corrected chi connectivity index (χ1v) is 9.36. The molecule has 0 spiro atoms. The van der Waals surface area contributed by atoms with Gasteiger partial charge in [0.25, 0.3) is 0 Å². The van der Waals surface area contributed by atoms with Crippen LogP contribution in [0.25, 0.3) is 0 Å². The summed E-state index contributed by atoms with van der Waals surface area (Å²) in [5.74, 6) is -0.307. The van der Waals surface area contributed by atoms with E-state index in [1.807, 2.05) is 6.92 Å². The summed E-state index contributed by atoms with van der Waals surface area (Å²) in [6.07, 6.45) is 5.05. The number of rotatable bonds is 12. The fraction of sp³-hybridized carbons (Fsp3) is 0.800. The zero-order chi connectivity index (χ0) is 16.3. The average Bonchev–Trinajstić information content (AvgIpc) is 2.47. The first-order chi connectivity index (χ1) is 9.90. The summed E-state index contributed by atoms with van der Waals surface area (Å²) in [5, 5.41) is 0. The van der Waals surface area contributed by atoms with Crippen LogP contribution < -0.4 is 0 Å². The minimum absolute atomic E-state index is 0.0559. The Balaban J connectivity index is 3.73. The zero-order valence-electron chi connectivity index (χ0n) is 14.1. The fourth-order valence-electron chi connectivity index (χ4n) is 2.03. The Morgan fingerprint density at radius 1 is 1.05 bits per heavy atom. The van der Waals surface area contributed by atoms with Gasteiger partial charge in [0.2, 0.25) is 0 Å². The van der Waals surface area contributed by atoms with Crippen LogP contribution in [0.2, 0.25) is 6.04 Å². The molecule has 5 nitrogen and oxygen atoms in total. The molecule has 21 heavy (non-hydrogen) atoms. The van der Waals surface area contributed by atoms with Crippen LogP contribution >= 0.6 is 0 Å². The molecule has 0 rings (SSSR count). The largest absolute Gasteiger partial charge is 0.500 e. The topological polar surface area (TPSA) is 54.0 Å². The number of hydrogen-bond acceptors (Lipinski definition) is 5. The van der Waals surface area contributed by atoms with Crippen LogP contribution in [0.15, 0.2) is 12.2 Å². The average molecular weight is 318 g/mol. The van der Waals surface area contributed by atoms with Crippen LogP contribution in [0.4, 0.5) is 0 Å². The van der Waals surface area contributed by atoms with E-state index in [9.17, 15) is 4.79 Å². The van der Waals surface area contributed by atoms with E-state index < -0.39 is 8.80 Å². The van der Waals surface area contributed by atoms with Gasteiger partial charge in [-0.15, -0.1) is 0 Å². The second-order valence-corrected chi connectivity index (χ2v) is 8.34. The van der Waals surface area contributed by atoms with Gasteiger partial charge in [-0.2, -0.15) is 0 Å². The molecule has 1 atom stereocenters. The highest BCUT2D eigenvalue weighted by Gasteiger charge is 2.36. The smallest absolute Gasteiger partial charge is 0.459 e. The predicted molar refractivity (Wildman–Crippen MR) is 85.0 cm³/mol. The summed E-state index contributed by atoms with van der Waals surface area (Å²) in [6, 6.07) is 0.830. The minimum atomic E-state index is -2.41. The Morgan fingerprint density at radius 2 is 1.57 bits per heavy atom. The summed E-state index contributed by atoms with van der Waals surface area (Å²) in [4.78, 5) is 11.3. The van der Waals surface area contributed by atoms with Crippen molar-refractivity contribution >= 4 is 14.8 Å². The molecule has 0 bridgehead atoms. The lowest BCUT2D eigenvalue weighted by Gasteiger charge is -2.24. The lowest BCUT2D eigenvalue weighted by Crippen LogP contribution is -2.42. The van der Waals surface area contributed by atoms with Gasteiger partial charge in [0.1, 0.15) is 0 Å². The van der Waals surface area contributed by atoms with Crippen molar-refractivity contribution in [2.45, 2.75) is 58.1 Å². The van der Waals surface area contributed by atoms with Gasteiger partial charge in [0, 0.05) is 32.9 Å². The first kappa shape index (κ1) is 20.3. The van der Waals surface area contributed by atoms with E-state index in [-0.39, 0.29) is 12.1 Å². The number of ether oxygens (including phenoxy) is 1. The van der Waals surface area contributed by atoms with E-state index in [0.29, 0.717) is 5.57 Å². The SMILES string of the molecule is C=C(C)C(=O)OC(C)CCCCCC[Si](OC)(OC)OC. The normalized spacial score (nSPS) is 13.0. The maximum Gasteiger partial charge on any atom is 0.500 e. The van der Waals surface area contributed by atoms with Crippen molar-refractivity contribution in [1.82, 2.24) is 0 Å². The summed E-state index contributed by atoms with van der Waals surface area (Å²) in [7, 11) is 2.49. The maximum absolute atomic E-state index is 11.3. The Kier molecular flexibility index (Phi) is 10.6. The Labute approximate surface area is 130 Å². The van der Waals surface area contributed by atoms with Gasteiger partial charge in [0.15, 0.2) is 0 Å². The molecule has 0 aromatic rings. The molecule has 0 aliphatic carbocycles. The predicted octanol–water partition coefficient (Wildman–Crippen LogP) is 3.32. The van der Waals surface area contributed by atoms with E-state index >= 15 is 0 Å². The molecule has 0 aliphatic heterocycles. The second-order valence-electron chi connectivity index (χ2n) is 5.24. The Hall–Kier alpha value is -0.693. The van der Waals surface area contributed by atoms with Crippen molar-refractivity contribution in [3.63, 3.8) is 0 Å². The number of esters is 1. The third-order valence-corrected chi connectivity index (χ3v) is 6.27. The number of carbonyl (C=O) groups is 1. The van der Waals surface area contributed by atoms with Gasteiger partial charge >= 0.3 is 14.8 Å². The highest BCUT2D eigenvalue weighted by molar-refractivity contribution is 6.60. The third kappa shape index (κ3) is 8.36. The van der Waals surface area contributed by atoms with E-state index in [0.717, 1.165) is 38.1 Å². The van der Waals surface area contributed by atoms with Crippen LogP contribution in [-0.4, -0.2) is 42.2 Å². The number of unbranched alkanes of at least 4 members (excludes halogenated alkanes) is 3. The molecule has 0 amide bonds. The van der Waals surface area contributed by atoms with Gasteiger partial charge in [-0.05, 0) is 33.1 Å². The van der Waals surface area contributed by atoms with Crippen LogP contribution in [0.1, 0.15) is 46.0 Å². The van der Waals surface area contributed by atoms with Crippen molar-refractivity contribution in [2.24, 2.45) is 0 Å². The molecule has 0 saturated carbocycles. The van der Waals surface area contributed by atoms with E-state index in [4.69, 9.17) is 18.0 Å². The van der Waals surface area contributed by atoms with Crippen LogP contribution in [0.3, 0.4) is 0 Å². The monoisotopic (exact) mass is 318 g/mol. The summed E-state index contributed by atoms with van der Waals surface area (Å²) in [5.41, 5.74) is 0.446. The molecule has 0 fully saturated rings. The van der Waals surface area contributed by atoms with Crippen LogP contribution in [-0.2, 0) is 22.8 Å². The van der Waals surface area contributed by atoms with Gasteiger partial charge in [-0.1, -0.05) is 19.4 Å². The minimum Gasteiger partial charge on any atom is -0.459 e. The van der Waals surface area contributed by atoms with Gasteiger partial charge in [-0.25, -0.2) is 4.79 Å². The highest BCUT2D eigenvalue weighted by Crippen LogP contribution is 2.18. The van der Waals surface area contributed by atoms with Gasteiger partial charge in [-0.3, -0.25) is 0 Å². The van der Waals surface area contributed by atoms with Crippen LogP contribution in [0, 0.1) is 0 Å². The quantitative estimate of drug-likeness (QED) is 0.239. The van der Waals surface area contributed by atoms with Crippen LogP contribution in [0.5, 0.6) is 0 Å². The third-order valence-electron chi connectivity index (χ3n) is 3.43. The lowest BCUT2D eigenvalue weighted by molar-refractivity contribution is -0.143. The van der Waals surface area contributed by atoms with Crippen molar-refractivity contribution in [3.05, 3.63) is 12.2 Å². The van der Waals surface area contributed by atoms with E-state index in [2.05, 4.69) is 6.58 Å². The molecule has 0 aromatic carbocycles. The number of hydrogen-bond donors (Lipinski definition) is 0. The molecular formula is C15H30O5Si. The molecule has 0 N–H and O–H groups in total. The second kappa shape index (κ2) is 11.0. The molecule has 6 heteroatoms. The lowest BCUT2D eigenvalue weighted by atomic mass is 10.1. The Morgan fingerprint density at radius 3 is 2.05 bits per heavy atom. The molecule has 0 radical (unpaired) electrons. The maximum atomic E-state index is 11.3. The molecule has 1 unspecified atom stereocenters. The summed E-state index contributed by atoms with van der Waals surface area (Å²) in [6.45, 7) is 7.15. The van der Waals surface area contributed by atoms with Crippen molar-refractivity contribution in [2.75, 3.05) is 21.3 Å². The summed E-state index contributed by atoms with van der Waals surface area (Å²) >= 11 is 0.